The molecule has 0 radical (unpaired) electrons. The molecule has 3 rings (SSSR count). The van der Waals surface area contributed by atoms with Gasteiger partial charge in [0.25, 0.3) is 0 Å². The summed E-state index contributed by atoms with van der Waals surface area (Å²) < 4.78 is 6.08. The van der Waals surface area contributed by atoms with E-state index in [1.54, 1.807) is 12.1 Å². The number of phenolic OH excluding ortho intramolecular Hbond substituents is 1. The number of aromatic hydroxyl groups is 1. The van der Waals surface area contributed by atoms with Crippen LogP contribution in [0.4, 0.5) is 0 Å². The minimum Gasteiger partial charge on any atom is -0.508 e. The summed E-state index contributed by atoms with van der Waals surface area (Å²) in [4.78, 5) is 0. The molecule has 0 fully saturated rings. The molecule has 0 aliphatic carbocycles. The highest BCUT2D eigenvalue weighted by Crippen LogP contribution is 2.43. The Hall–Kier alpha value is -1.80. The van der Waals surface area contributed by atoms with Gasteiger partial charge in [-0.1, -0.05) is 38.1 Å². The lowest BCUT2D eigenvalue weighted by Crippen LogP contribution is -2.22. The molecule has 1 N–H and O–H groups in total. The second kappa shape index (κ2) is 4.95. The van der Waals surface area contributed by atoms with E-state index in [4.69, 9.17) is 4.74 Å². The Kier molecular flexibility index (Phi) is 3.27. The van der Waals surface area contributed by atoms with E-state index in [1.165, 1.54) is 16.7 Å². The van der Waals surface area contributed by atoms with Crippen molar-refractivity contribution in [3.8, 4) is 16.9 Å². The molecule has 1 aliphatic rings. The fourth-order valence-corrected chi connectivity index (χ4v) is 3.09. The summed E-state index contributed by atoms with van der Waals surface area (Å²) in [5.74, 6) is 0.301. The number of hydrogen-bond acceptors (Lipinski definition) is 2. The maximum Gasteiger partial charge on any atom is 0.115 e. The smallest absolute Gasteiger partial charge is 0.115 e. The molecular weight excluding hydrogens is 248 g/mol. The highest BCUT2D eigenvalue weighted by atomic mass is 16.5. The van der Waals surface area contributed by atoms with Crippen molar-refractivity contribution in [3.63, 3.8) is 0 Å². The molecule has 0 unspecified atom stereocenters. The second-order valence-corrected chi connectivity index (χ2v) is 5.41. The van der Waals surface area contributed by atoms with E-state index < -0.39 is 0 Å². The molecule has 0 bridgehead atoms. The van der Waals surface area contributed by atoms with Crippen molar-refractivity contribution in [1.82, 2.24) is 0 Å². The molecule has 2 heteroatoms. The maximum atomic E-state index is 9.40. The third-order valence-corrected chi connectivity index (χ3v) is 4.45. The van der Waals surface area contributed by atoms with Gasteiger partial charge in [0.2, 0.25) is 0 Å². The average Bonchev–Trinajstić information content (AvgIpc) is 2.86. The van der Waals surface area contributed by atoms with E-state index in [0.29, 0.717) is 12.4 Å². The topological polar surface area (TPSA) is 29.5 Å². The number of ether oxygens (including phenoxy) is 1. The molecule has 2 nitrogen and oxygen atoms in total. The van der Waals surface area contributed by atoms with Crippen LogP contribution in [0, 0.1) is 0 Å². The summed E-state index contributed by atoms with van der Waals surface area (Å²) in [5, 5.41) is 9.40. The first-order valence-electron chi connectivity index (χ1n) is 7.25. The van der Waals surface area contributed by atoms with Crippen LogP contribution in [0.1, 0.15) is 37.8 Å². The lowest BCUT2D eigenvalue weighted by atomic mass is 9.86. The van der Waals surface area contributed by atoms with Crippen molar-refractivity contribution in [3.05, 3.63) is 53.6 Å². The Balaban J connectivity index is 2.07. The third-order valence-electron chi connectivity index (χ3n) is 4.45. The van der Waals surface area contributed by atoms with Gasteiger partial charge >= 0.3 is 0 Å². The van der Waals surface area contributed by atoms with Gasteiger partial charge in [0.05, 0.1) is 12.2 Å². The molecule has 0 saturated heterocycles. The molecule has 0 amide bonds. The largest absolute Gasteiger partial charge is 0.508 e. The zero-order valence-electron chi connectivity index (χ0n) is 12.0. The van der Waals surface area contributed by atoms with Crippen LogP contribution in [0.25, 0.3) is 11.1 Å². The van der Waals surface area contributed by atoms with Crippen LogP contribution in [0.3, 0.4) is 0 Å². The van der Waals surface area contributed by atoms with Crippen molar-refractivity contribution in [1.29, 1.82) is 0 Å². The normalized spacial score (nSPS) is 16.1. The van der Waals surface area contributed by atoms with Gasteiger partial charge in [0.1, 0.15) is 5.75 Å². The predicted octanol–water partition coefficient (Wildman–Crippen LogP) is 4.60. The Bertz CT molecular complexity index is 610. The summed E-state index contributed by atoms with van der Waals surface area (Å²) in [6.07, 6.45) is 1.99. The number of hydrogen-bond donors (Lipinski definition) is 1. The highest BCUT2D eigenvalue weighted by molar-refractivity contribution is 5.66. The van der Waals surface area contributed by atoms with Crippen LogP contribution in [-0.2, 0) is 16.9 Å². The van der Waals surface area contributed by atoms with Crippen LogP contribution < -0.4 is 0 Å². The zero-order valence-corrected chi connectivity index (χ0v) is 12.0. The lowest BCUT2D eigenvalue weighted by molar-refractivity contribution is -0.0439. The van der Waals surface area contributed by atoms with Crippen LogP contribution in [0.5, 0.6) is 5.75 Å². The molecular formula is C18H20O2. The summed E-state index contributed by atoms with van der Waals surface area (Å²) >= 11 is 0. The summed E-state index contributed by atoms with van der Waals surface area (Å²) in [5.41, 5.74) is 4.81. The van der Waals surface area contributed by atoms with Gasteiger partial charge in [-0.25, -0.2) is 0 Å². The fourth-order valence-electron chi connectivity index (χ4n) is 3.09. The van der Waals surface area contributed by atoms with Crippen molar-refractivity contribution >= 4 is 0 Å². The van der Waals surface area contributed by atoms with E-state index in [-0.39, 0.29) is 5.60 Å². The van der Waals surface area contributed by atoms with E-state index in [0.717, 1.165) is 18.4 Å². The maximum absolute atomic E-state index is 9.40. The number of rotatable bonds is 3. The molecule has 1 aliphatic heterocycles. The van der Waals surface area contributed by atoms with Crippen LogP contribution in [-0.4, -0.2) is 5.11 Å². The predicted molar refractivity (Wildman–Crippen MR) is 80.6 cm³/mol. The first kappa shape index (κ1) is 13.2. The quantitative estimate of drug-likeness (QED) is 0.881. The number of fused-ring (bicyclic) bond motifs is 1. The Morgan fingerprint density at radius 2 is 1.65 bits per heavy atom. The van der Waals surface area contributed by atoms with Crippen LogP contribution in [0.2, 0.25) is 0 Å². The minimum absolute atomic E-state index is 0.123. The molecule has 104 valence electrons. The summed E-state index contributed by atoms with van der Waals surface area (Å²) in [6, 6.07) is 13.9. The second-order valence-electron chi connectivity index (χ2n) is 5.41. The molecule has 0 spiro atoms. The first-order valence-corrected chi connectivity index (χ1v) is 7.25. The van der Waals surface area contributed by atoms with E-state index in [9.17, 15) is 5.11 Å². The standard InChI is InChI=1S/C18H20O2/c1-3-18(4-2)17-11-14(5-6-15(17)12-20-18)13-7-9-16(19)10-8-13/h5-11,19H,3-4,12H2,1-2H3. The fraction of sp³-hybridized carbons (Fsp3) is 0.333. The van der Waals surface area contributed by atoms with E-state index in [2.05, 4.69) is 32.0 Å². The zero-order chi connectivity index (χ0) is 14.2. The average molecular weight is 268 g/mol. The van der Waals surface area contributed by atoms with Gasteiger partial charge in [-0.3, -0.25) is 0 Å². The van der Waals surface area contributed by atoms with Gasteiger partial charge in [-0.2, -0.15) is 0 Å². The summed E-state index contributed by atoms with van der Waals surface area (Å²) in [7, 11) is 0. The highest BCUT2D eigenvalue weighted by Gasteiger charge is 2.36. The molecule has 0 saturated carbocycles. The monoisotopic (exact) mass is 268 g/mol. The summed E-state index contributed by atoms with van der Waals surface area (Å²) in [6.45, 7) is 5.09. The van der Waals surface area contributed by atoms with Crippen LogP contribution in [0.15, 0.2) is 42.5 Å². The van der Waals surface area contributed by atoms with Gasteiger partial charge in [0.15, 0.2) is 0 Å². The Labute approximate surface area is 120 Å². The molecule has 1 heterocycles. The van der Waals surface area contributed by atoms with Crippen LogP contribution >= 0.6 is 0 Å². The van der Waals surface area contributed by atoms with Gasteiger partial charge < -0.3 is 9.84 Å². The van der Waals surface area contributed by atoms with E-state index in [1.807, 2.05) is 12.1 Å². The number of phenols is 1. The Morgan fingerprint density at radius 1 is 1.00 bits per heavy atom. The molecule has 2 aromatic carbocycles. The van der Waals surface area contributed by atoms with Crippen molar-refractivity contribution in [2.75, 3.05) is 0 Å². The molecule has 2 aromatic rings. The van der Waals surface area contributed by atoms with Gasteiger partial charge in [0, 0.05) is 0 Å². The molecule has 0 atom stereocenters. The third kappa shape index (κ3) is 2.01. The van der Waals surface area contributed by atoms with Crippen molar-refractivity contribution < 1.29 is 9.84 Å². The first-order chi connectivity index (χ1) is 9.68. The molecule has 0 aromatic heterocycles. The van der Waals surface area contributed by atoms with Gasteiger partial charge in [-0.15, -0.1) is 0 Å². The number of benzene rings is 2. The molecule has 20 heavy (non-hydrogen) atoms. The van der Waals surface area contributed by atoms with E-state index >= 15 is 0 Å². The Morgan fingerprint density at radius 3 is 2.30 bits per heavy atom. The van der Waals surface area contributed by atoms with Crippen molar-refractivity contribution in [2.45, 2.75) is 38.9 Å². The SMILES string of the molecule is CCC1(CC)OCc2ccc(-c3ccc(O)cc3)cc21. The lowest BCUT2D eigenvalue weighted by Gasteiger charge is -2.27. The van der Waals surface area contributed by atoms with Crippen molar-refractivity contribution in [2.24, 2.45) is 0 Å². The minimum atomic E-state index is -0.123. The van der Waals surface area contributed by atoms with Gasteiger partial charge in [-0.05, 0) is 53.3 Å².